The lowest BCUT2D eigenvalue weighted by Crippen LogP contribution is -2.51. The number of hydrogen-bond donors (Lipinski definition) is 0. The molecule has 18 heavy (non-hydrogen) atoms. The summed E-state index contributed by atoms with van der Waals surface area (Å²) in [6.07, 6.45) is 6.13. The molecule has 0 saturated heterocycles. The highest BCUT2D eigenvalue weighted by Gasteiger charge is 2.51. The lowest BCUT2D eigenvalue weighted by molar-refractivity contribution is -0.152. The summed E-state index contributed by atoms with van der Waals surface area (Å²) in [6, 6.07) is 0. The van der Waals surface area contributed by atoms with Gasteiger partial charge < -0.3 is 0 Å². The summed E-state index contributed by atoms with van der Waals surface area (Å²) in [4.78, 5) is 25.3. The minimum Gasteiger partial charge on any atom is -0.299 e. The summed E-state index contributed by atoms with van der Waals surface area (Å²) >= 11 is 0. The SMILES string of the molecule is CC1CCC2C(=O)C3CC(C)CCC3C(=O)C2C1. The molecule has 3 rings (SSSR count). The molecule has 0 aromatic heterocycles. The van der Waals surface area contributed by atoms with Crippen LogP contribution in [0.2, 0.25) is 0 Å². The van der Waals surface area contributed by atoms with E-state index in [-0.39, 0.29) is 23.7 Å². The number of fused-ring (bicyclic) bond motifs is 2. The van der Waals surface area contributed by atoms with Crippen LogP contribution in [-0.2, 0) is 9.59 Å². The molecule has 0 aromatic rings. The Labute approximate surface area is 110 Å². The number of carbonyl (C=O) groups excluding carboxylic acids is 2. The number of ketones is 2. The fraction of sp³-hybridized carbons (Fsp3) is 0.875. The zero-order chi connectivity index (χ0) is 12.9. The van der Waals surface area contributed by atoms with Crippen LogP contribution in [0, 0.1) is 35.5 Å². The van der Waals surface area contributed by atoms with E-state index >= 15 is 0 Å². The normalized spacial score (nSPS) is 48.6. The van der Waals surface area contributed by atoms with Gasteiger partial charge in [-0.05, 0) is 50.4 Å². The average Bonchev–Trinajstić information content (AvgIpc) is 2.36. The highest BCUT2D eigenvalue weighted by Crippen LogP contribution is 2.48. The third kappa shape index (κ3) is 1.85. The van der Waals surface area contributed by atoms with E-state index in [0.717, 1.165) is 38.5 Å². The van der Waals surface area contributed by atoms with Crippen molar-refractivity contribution in [3.05, 3.63) is 0 Å². The van der Waals surface area contributed by atoms with Crippen LogP contribution in [0.3, 0.4) is 0 Å². The van der Waals surface area contributed by atoms with Crippen molar-refractivity contribution in [2.45, 2.75) is 52.4 Å². The van der Waals surface area contributed by atoms with Crippen molar-refractivity contribution in [3.8, 4) is 0 Å². The molecule has 0 spiro atoms. The van der Waals surface area contributed by atoms with Gasteiger partial charge in [-0.15, -0.1) is 0 Å². The summed E-state index contributed by atoms with van der Waals surface area (Å²) in [6.45, 7) is 4.45. The molecule has 2 heteroatoms. The van der Waals surface area contributed by atoms with Crippen molar-refractivity contribution >= 4 is 11.6 Å². The highest BCUT2D eigenvalue weighted by atomic mass is 16.1. The molecule has 6 atom stereocenters. The summed E-state index contributed by atoms with van der Waals surface area (Å²) in [5.74, 6) is 2.47. The fourth-order valence-electron chi connectivity index (χ4n) is 4.62. The molecule has 0 heterocycles. The Bertz CT molecular complexity index is 337. The summed E-state index contributed by atoms with van der Waals surface area (Å²) in [5, 5.41) is 0. The Morgan fingerprint density at radius 2 is 1.06 bits per heavy atom. The molecule has 0 radical (unpaired) electrons. The Kier molecular flexibility index (Phi) is 3.07. The van der Waals surface area contributed by atoms with Gasteiger partial charge in [-0.3, -0.25) is 9.59 Å². The van der Waals surface area contributed by atoms with Crippen molar-refractivity contribution in [1.29, 1.82) is 0 Å². The second-order valence-electron chi connectivity index (χ2n) is 7.07. The highest BCUT2D eigenvalue weighted by molar-refractivity contribution is 5.99. The van der Waals surface area contributed by atoms with Gasteiger partial charge in [0, 0.05) is 23.7 Å². The topological polar surface area (TPSA) is 34.1 Å². The molecule has 3 fully saturated rings. The van der Waals surface area contributed by atoms with Gasteiger partial charge >= 0.3 is 0 Å². The van der Waals surface area contributed by atoms with Crippen molar-refractivity contribution in [2.24, 2.45) is 35.5 Å². The van der Waals surface area contributed by atoms with Gasteiger partial charge in [0.05, 0.1) is 0 Å². The largest absolute Gasteiger partial charge is 0.299 e. The maximum atomic E-state index is 12.6. The van der Waals surface area contributed by atoms with Crippen LogP contribution in [-0.4, -0.2) is 11.6 Å². The van der Waals surface area contributed by atoms with E-state index < -0.39 is 0 Å². The second-order valence-corrected chi connectivity index (χ2v) is 7.07. The van der Waals surface area contributed by atoms with Gasteiger partial charge in [0.1, 0.15) is 11.6 Å². The Morgan fingerprint density at radius 1 is 0.667 bits per heavy atom. The molecule has 0 aromatic carbocycles. The Morgan fingerprint density at radius 3 is 1.44 bits per heavy atom. The maximum absolute atomic E-state index is 12.6. The quantitative estimate of drug-likeness (QED) is 0.659. The summed E-state index contributed by atoms with van der Waals surface area (Å²) in [7, 11) is 0. The summed E-state index contributed by atoms with van der Waals surface area (Å²) in [5.41, 5.74) is 0. The smallest absolute Gasteiger partial charge is 0.140 e. The molecule has 3 aliphatic rings. The molecule has 6 unspecified atom stereocenters. The van der Waals surface area contributed by atoms with E-state index in [1.54, 1.807) is 0 Å². The van der Waals surface area contributed by atoms with Gasteiger partial charge in [-0.25, -0.2) is 0 Å². The number of hydrogen-bond acceptors (Lipinski definition) is 2. The first kappa shape index (κ1) is 12.4. The predicted molar refractivity (Wildman–Crippen MR) is 70.0 cm³/mol. The van der Waals surface area contributed by atoms with Crippen LogP contribution >= 0.6 is 0 Å². The van der Waals surface area contributed by atoms with Gasteiger partial charge in [0.2, 0.25) is 0 Å². The third-order valence-electron chi connectivity index (χ3n) is 5.69. The average molecular weight is 248 g/mol. The van der Waals surface area contributed by atoms with Crippen LogP contribution in [0.4, 0.5) is 0 Å². The van der Waals surface area contributed by atoms with Crippen molar-refractivity contribution < 1.29 is 9.59 Å². The van der Waals surface area contributed by atoms with Crippen LogP contribution in [0.5, 0.6) is 0 Å². The standard InChI is InChI=1S/C16H24O2/c1-9-3-5-11-13(7-9)15(17)12-6-4-10(2)8-14(12)16(11)18/h9-14H,3-8H2,1-2H3. The number of Topliss-reactive ketones (excluding diaryl/α,β-unsaturated/α-hetero) is 2. The number of rotatable bonds is 0. The zero-order valence-corrected chi connectivity index (χ0v) is 11.5. The van der Waals surface area contributed by atoms with Crippen LogP contribution in [0.25, 0.3) is 0 Å². The molecular formula is C16H24O2. The molecule has 0 aliphatic heterocycles. The molecule has 0 amide bonds. The first-order valence-corrected chi connectivity index (χ1v) is 7.65. The van der Waals surface area contributed by atoms with Crippen molar-refractivity contribution in [3.63, 3.8) is 0 Å². The van der Waals surface area contributed by atoms with E-state index in [0.29, 0.717) is 23.4 Å². The van der Waals surface area contributed by atoms with Gasteiger partial charge in [-0.1, -0.05) is 13.8 Å². The van der Waals surface area contributed by atoms with Crippen LogP contribution in [0.1, 0.15) is 52.4 Å². The molecule has 100 valence electrons. The maximum Gasteiger partial charge on any atom is 0.140 e. The van der Waals surface area contributed by atoms with E-state index in [1.807, 2.05) is 0 Å². The molecule has 3 saturated carbocycles. The lowest BCUT2D eigenvalue weighted by atomic mass is 9.56. The first-order chi connectivity index (χ1) is 8.58. The van der Waals surface area contributed by atoms with Crippen LogP contribution in [0.15, 0.2) is 0 Å². The third-order valence-corrected chi connectivity index (χ3v) is 5.69. The van der Waals surface area contributed by atoms with E-state index in [4.69, 9.17) is 0 Å². The monoisotopic (exact) mass is 248 g/mol. The van der Waals surface area contributed by atoms with Gasteiger partial charge in [0.25, 0.3) is 0 Å². The van der Waals surface area contributed by atoms with E-state index in [9.17, 15) is 9.59 Å². The minimum atomic E-state index is 0.0795. The zero-order valence-electron chi connectivity index (χ0n) is 11.5. The first-order valence-electron chi connectivity index (χ1n) is 7.65. The molecule has 3 aliphatic carbocycles. The van der Waals surface area contributed by atoms with Gasteiger partial charge in [-0.2, -0.15) is 0 Å². The van der Waals surface area contributed by atoms with Crippen molar-refractivity contribution in [2.75, 3.05) is 0 Å². The predicted octanol–water partition coefficient (Wildman–Crippen LogP) is 3.24. The second kappa shape index (κ2) is 4.47. The van der Waals surface area contributed by atoms with Crippen molar-refractivity contribution in [1.82, 2.24) is 0 Å². The molecular weight excluding hydrogens is 224 g/mol. The Balaban J connectivity index is 1.86. The van der Waals surface area contributed by atoms with E-state index in [1.165, 1.54) is 0 Å². The summed E-state index contributed by atoms with van der Waals surface area (Å²) < 4.78 is 0. The molecule has 2 nitrogen and oxygen atoms in total. The Hall–Kier alpha value is -0.660. The minimum absolute atomic E-state index is 0.0795. The molecule has 0 N–H and O–H groups in total. The molecule has 0 bridgehead atoms. The lowest BCUT2D eigenvalue weighted by Gasteiger charge is -2.45. The van der Waals surface area contributed by atoms with E-state index in [2.05, 4.69) is 13.8 Å². The van der Waals surface area contributed by atoms with Crippen LogP contribution < -0.4 is 0 Å². The van der Waals surface area contributed by atoms with Gasteiger partial charge in [0.15, 0.2) is 0 Å². The fourth-order valence-corrected chi connectivity index (χ4v) is 4.62. The number of carbonyl (C=O) groups is 2.